The van der Waals surface area contributed by atoms with Crippen LogP contribution in [0.3, 0.4) is 0 Å². The van der Waals surface area contributed by atoms with Crippen molar-refractivity contribution in [2.45, 2.75) is 27.1 Å². The molecule has 1 N–H and O–H groups in total. The highest BCUT2D eigenvalue weighted by molar-refractivity contribution is 5.76. The smallest absolute Gasteiger partial charge is 0.244 e. The zero-order valence-corrected chi connectivity index (χ0v) is 10.9. The van der Waals surface area contributed by atoms with Crippen LogP contribution in [0.2, 0.25) is 0 Å². The van der Waals surface area contributed by atoms with Gasteiger partial charge in [-0.15, -0.1) is 0 Å². The number of carbonyl (C=O) groups excluding carboxylic acids is 1. The number of nitrogens with zero attached hydrogens (tertiary/aromatic N) is 3. The maximum atomic E-state index is 12.7. The van der Waals surface area contributed by atoms with Crippen LogP contribution >= 0.6 is 0 Å². The van der Waals surface area contributed by atoms with Crippen LogP contribution in [0.4, 0.5) is 4.39 Å². The molecule has 6 heteroatoms. The summed E-state index contributed by atoms with van der Waals surface area (Å²) in [7, 11) is 0. The van der Waals surface area contributed by atoms with E-state index in [2.05, 4.69) is 10.4 Å². The highest BCUT2D eigenvalue weighted by atomic mass is 19.1. The first-order chi connectivity index (χ1) is 8.63. The molecular formula is C12H19FN4O. The van der Waals surface area contributed by atoms with Gasteiger partial charge in [-0.1, -0.05) is 0 Å². The lowest BCUT2D eigenvalue weighted by Gasteiger charge is -2.27. The van der Waals surface area contributed by atoms with Gasteiger partial charge in [0.15, 0.2) is 0 Å². The van der Waals surface area contributed by atoms with Gasteiger partial charge >= 0.3 is 0 Å². The Balaban J connectivity index is 2.06. The molecule has 2 heterocycles. The van der Waals surface area contributed by atoms with Crippen LogP contribution in [0.25, 0.3) is 0 Å². The lowest BCUT2D eigenvalue weighted by Crippen LogP contribution is -2.47. The summed E-state index contributed by atoms with van der Waals surface area (Å²) < 4.78 is 14.3. The van der Waals surface area contributed by atoms with E-state index in [1.807, 2.05) is 18.7 Å². The fourth-order valence-electron chi connectivity index (χ4n) is 2.12. The summed E-state index contributed by atoms with van der Waals surface area (Å²) in [5.74, 6) is 0.0486. The Bertz CT molecular complexity index is 438. The van der Waals surface area contributed by atoms with Crippen molar-refractivity contribution in [3.05, 3.63) is 17.0 Å². The molecule has 18 heavy (non-hydrogen) atoms. The van der Waals surface area contributed by atoms with E-state index in [-0.39, 0.29) is 12.5 Å². The molecule has 1 aromatic heterocycles. The van der Waals surface area contributed by atoms with Gasteiger partial charge in [0.1, 0.15) is 13.2 Å². The van der Waals surface area contributed by atoms with Crippen molar-refractivity contribution in [3.8, 4) is 0 Å². The van der Waals surface area contributed by atoms with Gasteiger partial charge < -0.3 is 10.2 Å². The van der Waals surface area contributed by atoms with E-state index >= 15 is 0 Å². The van der Waals surface area contributed by atoms with E-state index in [4.69, 9.17) is 0 Å². The Morgan fingerprint density at radius 1 is 1.39 bits per heavy atom. The molecule has 2 rings (SSSR count). The maximum absolute atomic E-state index is 12.7. The minimum absolute atomic E-state index is 0.0486. The van der Waals surface area contributed by atoms with Crippen LogP contribution in [0.5, 0.6) is 0 Å². The minimum Gasteiger partial charge on any atom is -0.339 e. The van der Waals surface area contributed by atoms with Crippen LogP contribution in [-0.4, -0.2) is 46.8 Å². The molecule has 0 radical (unpaired) electrons. The largest absolute Gasteiger partial charge is 0.339 e. The number of rotatable bonds is 3. The third kappa shape index (κ3) is 2.53. The molecule has 0 unspecified atom stereocenters. The number of hydrogen-bond donors (Lipinski definition) is 1. The van der Waals surface area contributed by atoms with Gasteiger partial charge in [0.05, 0.1) is 5.69 Å². The average molecular weight is 254 g/mol. The molecule has 1 aliphatic rings. The Morgan fingerprint density at radius 3 is 2.61 bits per heavy atom. The molecule has 0 aliphatic carbocycles. The second kappa shape index (κ2) is 5.48. The number of piperazine rings is 1. The summed E-state index contributed by atoms with van der Waals surface area (Å²) in [5.41, 5.74) is 2.14. The summed E-state index contributed by atoms with van der Waals surface area (Å²) in [6.07, 6.45) is 0. The quantitative estimate of drug-likeness (QED) is 0.849. The maximum Gasteiger partial charge on any atom is 0.244 e. The molecule has 1 saturated heterocycles. The van der Waals surface area contributed by atoms with Gasteiger partial charge in [-0.05, 0) is 19.4 Å². The second-order valence-electron chi connectivity index (χ2n) is 4.58. The van der Waals surface area contributed by atoms with E-state index in [0.29, 0.717) is 5.69 Å². The van der Waals surface area contributed by atoms with Crippen LogP contribution in [0, 0.1) is 13.8 Å². The van der Waals surface area contributed by atoms with E-state index in [1.54, 1.807) is 4.68 Å². The van der Waals surface area contributed by atoms with Gasteiger partial charge in [-0.2, -0.15) is 5.10 Å². The van der Waals surface area contributed by atoms with Crippen LogP contribution in [-0.2, 0) is 18.0 Å². The van der Waals surface area contributed by atoms with Crippen LogP contribution < -0.4 is 5.32 Å². The van der Waals surface area contributed by atoms with Crippen LogP contribution in [0.1, 0.15) is 17.0 Å². The lowest BCUT2D eigenvalue weighted by molar-refractivity contribution is -0.132. The average Bonchev–Trinajstić information content (AvgIpc) is 2.67. The van der Waals surface area contributed by atoms with Crippen molar-refractivity contribution >= 4 is 5.91 Å². The number of halogens is 1. The number of aromatic nitrogens is 2. The third-order valence-electron chi connectivity index (χ3n) is 3.49. The zero-order chi connectivity index (χ0) is 13.1. The van der Waals surface area contributed by atoms with E-state index in [0.717, 1.165) is 37.4 Å². The first-order valence-corrected chi connectivity index (χ1v) is 6.21. The van der Waals surface area contributed by atoms with Crippen molar-refractivity contribution in [1.82, 2.24) is 20.0 Å². The summed E-state index contributed by atoms with van der Waals surface area (Å²) in [6.45, 7) is 6.45. The Kier molecular flexibility index (Phi) is 3.96. The molecular weight excluding hydrogens is 235 g/mol. The summed E-state index contributed by atoms with van der Waals surface area (Å²) in [5, 5.41) is 7.34. The van der Waals surface area contributed by atoms with Gasteiger partial charge in [-0.3, -0.25) is 9.48 Å². The van der Waals surface area contributed by atoms with Crippen molar-refractivity contribution in [2.24, 2.45) is 0 Å². The highest BCUT2D eigenvalue weighted by Crippen LogP contribution is 2.13. The van der Waals surface area contributed by atoms with Crippen molar-refractivity contribution in [1.29, 1.82) is 0 Å². The molecule has 1 aromatic rings. The second-order valence-corrected chi connectivity index (χ2v) is 4.58. The summed E-state index contributed by atoms with van der Waals surface area (Å²) >= 11 is 0. The van der Waals surface area contributed by atoms with Crippen molar-refractivity contribution in [2.75, 3.05) is 26.2 Å². The normalized spacial score (nSPS) is 16.1. The lowest BCUT2D eigenvalue weighted by atomic mass is 10.2. The molecule has 0 spiro atoms. The Hall–Kier alpha value is -1.43. The summed E-state index contributed by atoms with van der Waals surface area (Å²) in [6, 6.07) is 0. The molecule has 1 fully saturated rings. The van der Waals surface area contributed by atoms with Gasteiger partial charge in [-0.25, -0.2) is 4.39 Å². The molecule has 0 bridgehead atoms. The third-order valence-corrected chi connectivity index (χ3v) is 3.49. The Morgan fingerprint density at radius 2 is 2.06 bits per heavy atom. The molecule has 100 valence electrons. The monoisotopic (exact) mass is 254 g/mol. The van der Waals surface area contributed by atoms with E-state index < -0.39 is 6.67 Å². The molecule has 0 atom stereocenters. The van der Waals surface area contributed by atoms with E-state index in [9.17, 15) is 9.18 Å². The zero-order valence-electron chi connectivity index (χ0n) is 10.9. The molecule has 0 aromatic carbocycles. The molecule has 5 nitrogen and oxygen atoms in total. The summed E-state index contributed by atoms with van der Waals surface area (Å²) in [4.78, 5) is 13.9. The fourth-order valence-corrected chi connectivity index (χ4v) is 2.12. The number of amides is 1. The first-order valence-electron chi connectivity index (χ1n) is 6.21. The van der Waals surface area contributed by atoms with Crippen molar-refractivity contribution in [3.63, 3.8) is 0 Å². The number of hydrogen-bond acceptors (Lipinski definition) is 3. The fraction of sp³-hybridized carbons (Fsp3) is 0.667. The topological polar surface area (TPSA) is 50.2 Å². The highest BCUT2D eigenvalue weighted by Gasteiger charge is 2.19. The molecule has 1 aliphatic heterocycles. The van der Waals surface area contributed by atoms with E-state index in [1.165, 1.54) is 0 Å². The molecule has 1 amide bonds. The predicted molar refractivity (Wildman–Crippen MR) is 66.0 cm³/mol. The standard InChI is InChI=1S/C12H19FN4O/c1-9-10(2)17(15-11(9)7-13)8-12(18)16-5-3-14-4-6-16/h14H,3-8H2,1-2H3. The van der Waals surface area contributed by atoms with Crippen LogP contribution in [0.15, 0.2) is 0 Å². The predicted octanol–water partition coefficient (Wildman–Crippen LogP) is 0.401. The SMILES string of the molecule is Cc1c(CF)nn(CC(=O)N2CCNCC2)c1C. The van der Waals surface area contributed by atoms with Gasteiger partial charge in [0.25, 0.3) is 0 Å². The number of alkyl halides is 1. The number of nitrogens with one attached hydrogen (secondary N) is 1. The Labute approximate surface area is 106 Å². The molecule has 0 saturated carbocycles. The van der Waals surface area contributed by atoms with Gasteiger partial charge in [0, 0.05) is 31.9 Å². The van der Waals surface area contributed by atoms with Gasteiger partial charge in [0.2, 0.25) is 5.91 Å². The van der Waals surface area contributed by atoms with Crippen molar-refractivity contribution < 1.29 is 9.18 Å². The minimum atomic E-state index is -0.582. The number of carbonyl (C=O) groups is 1. The first kappa shape index (κ1) is 13.0.